The van der Waals surface area contributed by atoms with Crippen LogP contribution in [0.3, 0.4) is 0 Å². The Balaban J connectivity index is 4.33. The summed E-state index contributed by atoms with van der Waals surface area (Å²) in [6.45, 7) is 5.07. The third-order valence-electron chi connectivity index (χ3n) is 3.11. The maximum Gasteiger partial charge on any atom is 0.317 e. The number of ether oxygens (including phenoxy) is 2. The van der Waals surface area contributed by atoms with Crippen LogP contribution in [0.15, 0.2) is 0 Å². The van der Waals surface area contributed by atoms with Gasteiger partial charge in [-0.15, -0.1) is 0 Å². The quantitative estimate of drug-likeness (QED) is 0.446. The van der Waals surface area contributed by atoms with Crippen LogP contribution in [-0.4, -0.2) is 41.2 Å². The van der Waals surface area contributed by atoms with Gasteiger partial charge in [-0.25, -0.2) is 0 Å². The highest BCUT2D eigenvalue weighted by Gasteiger charge is 2.31. The fraction of sp³-hybridized carbons (Fsp3) is 0.867. The molecule has 0 amide bonds. The van der Waals surface area contributed by atoms with Crippen LogP contribution < -0.4 is 0 Å². The van der Waals surface area contributed by atoms with Crippen LogP contribution in [0, 0.1) is 5.92 Å². The third kappa shape index (κ3) is 8.67. The van der Waals surface area contributed by atoms with Gasteiger partial charge >= 0.3 is 11.9 Å². The molecule has 0 spiro atoms. The van der Waals surface area contributed by atoms with E-state index < -0.39 is 30.8 Å². The first-order valence-corrected chi connectivity index (χ1v) is 7.65. The summed E-state index contributed by atoms with van der Waals surface area (Å²) in [6.07, 6.45) is 2.30. The second-order valence-corrected chi connectivity index (χ2v) is 5.16. The second-order valence-electron chi connectivity index (χ2n) is 5.16. The van der Waals surface area contributed by atoms with Crippen molar-refractivity contribution in [3.63, 3.8) is 0 Å². The van der Waals surface area contributed by atoms with Crippen molar-refractivity contribution in [2.45, 2.75) is 71.7 Å². The molecular formula is C15H28O6. The molecule has 0 aliphatic rings. The molecule has 0 saturated heterocycles. The Bertz CT molecular complexity index is 305. The lowest BCUT2D eigenvalue weighted by atomic mass is 10.1. The van der Waals surface area contributed by atoms with E-state index in [-0.39, 0.29) is 12.5 Å². The molecule has 0 heterocycles. The zero-order chi connectivity index (χ0) is 16.3. The van der Waals surface area contributed by atoms with Gasteiger partial charge in [0.05, 0.1) is 12.7 Å². The average Bonchev–Trinajstić information content (AvgIpc) is 2.43. The van der Waals surface area contributed by atoms with Crippen molar-refractivity contribution in [3.05, 3.63) is 0 Å². The van der Waals surface area contributed by atoms with Gasteiger partial charge < -0.3 is 19.7 Å². The molecule has 3 unspecified atom stereocenters. The molecule has 124 valence electrons. The Hall–Kier alpha value is -1.14. The molecule has 6 nitrogen and oxygen atoms in total. The van der Waals surface area contributed by atoms with Crippen molar-refractivity contribution in [3.8, 4) is 0 Å². The van der Waals surface area contributed by atoms with E-state index in [1.165, 1.54) is 0 Å². The maximum atomic E-state index is 11.9. The highest BCUT2D eigenvalue weighted by Crippen LogP contribution is 2.13. The van der Waals surface area contributed by atoms with Crippen LogP contribution in [0.2, 0.25) is 0 Å². The SMILES string of the molecule is CCCCC(=O)OC(O)C(CO)C(=O)OC(C)CCCC. The fourth-order valence-corrected chi connectivity index (χ4v) is 1.71. The van der Waals surface area contributed by atoms with E-state index >= 15 is 0 Å². The number of aliphatic hydroxyl groups excluding tert-OH is 2. The number of hydrogen-bond donors (Lipinski definition) is 2. The van der Waals surface area contributed by atoms with Gasteiger partial charge in [-0.1, -0.05) is 33.1 Å². The predicted molar refractivity (Wildman–Crippen MR) is 77.3 cm³/mol. The summed E-state index contributed by atoms with van der Waals surface area (Å²) >= 11 is 0. The molecule has 6 heteroatoms. The van der Waals surface area contributed by atoms with Gasteiger partial charge in [0.2, 0.25) is 6.29 Å². The van der Waals surface area contributed by atoms with E-state index in [4.69, 9.17) is 9.47 Å². The van der Waals surface area contributed by atoms with Crippen molar-refractivity contribution in [1.82, 2.24) is 0 Å². The Morgan fingerprint density at radius 3 is 2.24 bits per heavy atom. The molecule has 2 N–H and O–H groups in total. The van der Waals surface area contributed by atoms with Crippen LogP contribution in [0.25, 0.3) is 0 Å². The van der Waals surface area contributed by atoms with Crippen LogP contribution in [0.5, 0.6) is 0 Å². The molecule has 0 radical (unpaired) electrons. The van der Waals surface area contributed by atoms with Crippen molar-refractivity contribution in [1.29, 1.82) is 0 Å². The predicted octanol–water partition coefficient (Wildman–Crippen LogP) is 1.77. The van der Waals surface area contributed by atoms with E-state index in [0.717, 1.165) is 19.3 Å². The first-order chi connectivity index (χ1) is 9.96. The van der Waals surface area contributed by atoms with Crippen molar-refractivity contribution < 1.29 is 29.3 Å². The molecule has 0 aliphatic heterocycles. The van der Waals surface area contributed by atoms with E-state index in [9.17, 15) is 19.8 Å². The standard InChI is InChI=1S/C15H28O6/c1-4-6-8-11(3)20-14(18)12(10-16)15(19)21-13(17)9-7-5-2/h11-12,15-16,19H,4-10H2,1-3H3. The van der Waals surface area contributed by atoms with Crippen molar-refractivity contribution in [2.24, 2.45) is 5.92 Å². The Kier molecular flexibility index (Phi) is 10.9. The van der Waals surface area contributed by atoms with Gasteiger partial charge in [-0.05, 0) is 19.8 Å². The van der Waals surface area contributed by atoms with Crippen LogP contribution >= 0.6 is 0 Å². The molecule has 0 aromatic carbocycles. The first-order valence-electron chi connectivity index (χ1n) is 7.65. The topological polar surface area (TPSA) is 93.1 Å². The number of esters is 2. The molecule has 0 fully saturated rings. The summed E-state index contributed by atoms with van der Waals surface area (Å²) in [6, 6.07) is 0. The summed E-state index contributed by atoms with van der Waals surface area (Å²) in [5, 5.41) is 18.9. The minimum Gasteiger partial charge on any atom is -0.462 e. The molecule has 0 rings (SSSR count). The Morgan fingerprint density at radius 1 is 1.10 bits per heavy atom. The lowest BCUT2D eigenvalue weighted by Gasteiger charge is -2.22. The lowest BCUT2D eigenvalue weighted by molar-refractivity contribution is -0.191. The number of carbonyl (C=O) groups is 2. The monoisotopic (exact) mass is 304 g/mol. The highest BCUT2D eigenvalue weighted by molar-refractivity contribution is 5.74. The van der Waals surface area contributed by atoms with Crippen molar-refractivity contribution >= 4 is 11.9 Å². The molecular weight excluding hydrogens is 276 g/mol. The molecule has 0 aliphatic carbocycles. The molecule has 0 saturated carbocycles. The summed E-state index contributed by atoms with van der Waals surface area (Å²) in [7, 11) is 0. The van der Waals surface area contributed by atoms with Crippen LogP contribution in [-0.2, 0) is 19.1 Å². The van der Waals surface area contributed by atoms with Gasteiger partial charge in [-0.3, -0.25) is 9.59 Å². The summed E-state index contributed by atoms with van der Waals surface area (Å²) in [5.74, 6) is -2.61. The van der Waals surface area contributed by atoms with E-state index in [1.54, 1.807) is 6.92 Å². The van der Waals surface area contributed by atoms with E-state index in [2.05, 4.69) is 0 Å². The van der Waals surface area contributed by atoms with Gasteiger partial charge in [0.1, 0.15) is 5.92 Å². The molecule has 0 aromatic rings. The van der Waals surface area contributed by atoms with Gasteiger partial charge in [0.15, 0.2) is 0 Å². The van der Waals surface area contributed by atoms with Crippen molar-refractivity contribution in [2.75, 3.05) is 6.61 Å². The smallest absolute Gasteiger partial charge is 0.317 e. The summed E-state index contributed by atoms with van der Waals surface area (Å²) in [5.41, 5.74) is 0. The third-order valence-corrected chi connectivity index (χ3v) is 3.11. The average molecular weight is 304 g/mol. The van der Waals surface area contributed by atoms with E-state index in [1.807, 2.05) is 13.8 Å². The maximum absolute atomic E-state index is 11.9. The van der Waals surface area contributed by atoms with Crippen LogP contribution in [0.1, 0.15) is 59.3 Å². The van der Waals surface area contributed by atoms with E-state index in [0.29, 0.717) is 12.8 Å². The van der Waals surface area contributed by atoms with Gasteiger partial charge in [-0.2, -0.15) is 0 Å². The lowest BCUT2D eigenvalue weighted by Crippen LogP contribution is -2.37. The summed E-state index contributed by atoms with van der Waals surface area (Å²) < 4.78 is 9.88. The molecule has 0 bridgehead atoms. The van der Waals surface area contributed by atoms with Crippen LogP contribution in [0.4, 0.5) is 0 Å². The fourth-order valence-electron chi connectivity index (χ4n) is 1.71. The molecule has 21 heavy (non-hydrogen) atoms. The number of aliphatic hydroxyl groups is 2. The number of rotatable bonds is 11. The molecule has 0 aromatic heterocycles. The second kappa shape index (κ2) is 11.5. The zero-order valence-corrected chi connectivity index (χ0v) is 13.2. The largest absolute Gasteiger partial charge is 0.462 e. The number of unbranched alkanes of at least 4 members (excludes halogenated alkanes) is 2. The number of hydrogen-bond acceptors (Lipinski definition) is 6. The number of carbonyl (C=O) groups excluding carboxylic acids is 2. The first kappa shape index (κ1) is 19.9. The normalized spacial score (nSPS) is 15.1. The molecule has 3 atom stereocenters. The minimum atomic E-state index is -1.68. The zero-order valence-electron chi connectivity index (χ0n) is 13.2. The van der Waals surface area contributed by atoms with Gasteiger partial charge in [0, 0.05) is 6.42 Å². The minimum absolute atomic E-state index is 0.174. The summed E-state index contributed by atoms with van der Waals surface area (Å²) in [4.78, 5) is 23.3. The Morgan fingerprint density at radius 2 is 1.71 bits per heavy atom. The highest BCUT2D eigenvalue weighted by atomic mass is 16.6. The Labute approximate surface area is 126 Å². The van der Waals surface area contributed by atoms with Gasteiger partial charge in [0.25, 0.3) is 0 Å².